The summed E-state index contributed by atoms with van der Waals surface area (Å²) in [6.07, 6.45) is 34.9. The SMILES string of the molecule is CCC(C)CCCCCCCCCCC(=O)OC[C@H](COP(=O)(O)OCC(O)COP(=O)(O)OC[C@@H](COC(=O)CCCCCCCCCC(C)C)OC(=O)CCCCCCCCCCC(C)C)OC(=O)CCCCCCCCCCC(C)C. The van der Waals surface area contributed by atoms with Crippen LogP contribution in [0.15, 0.2) is 0 Å². The smallest absolute Gasteiger partial charge is 0.462 e. The first kappa shape index (κ1) is 82.1. The number of rotatable bonds is 62. The number of hydrogen-bond donors (Lipinski definition) is 3. The van der Waals surface area contributed by atoms with Crippen molar-refractivity contribution in [3.8, 4) is 0 Å². The molecule has 4 unspecified atom stereocenters. The summed E-state index contributed by atoms with van der Waals surface area (Å²) in [6.45, 7) is 14.0. The van der Waals surface area contributed by atoms with Gasteiger partial charge in [-0.3, -0.25) is 37.3 Å². The van der Waals surface area contributed by atoms with Crippen LogP contribution in [0.5, 0.6) is 0 Å². The van der Waals surface area contributed by atoms with E-state index in [1.807, 2.05) is 0 Å². The quantitative estimate of drug-likeness (QED) is 0.0222. The number of ether oxygens (including phenoxy) is 4. The van der Waals surface area contributed by atoms with E-state index >= 15 is 0 Å². The lowest BCUT2D eigenvalue weighted by Crippen LogP contribution is -2.30. The van der Waals surface area contributed by atoms with E-state index in [2.05, 4.69) is 55.4 Å². The van der Waals surface area contributed by atoms with Crippen molar-refractivity contribution in [2.24, 2.45) is 23.7 Å². The average molecular weight is 1240 g/mol. The molecule has 0 fully saturated rings. The van der Waals surface area contributed by atoms with Gasteiger partial charge in [0.15, 0.2) is 12.2 Å². The highest BCUT2D eigenvalue weighted by molar-refractivity contribution is 7.47. The van der Waals surface area contributed by atoms with Gasteiger partial charge in [-0.2, -0.15) is 0 Å². The van der Waals surface area contributed by atoms with E-state index in [1.165, 1.54) is 109 Å². The summed E-state index contributed by atoms with van der Waals surface area (Å²) in [5.41, 5.74) is 0. The van der Waals surface area contributed by atoms with Gasteiger partial charge in [0, 0.05) is 25.7 Å². The maximum absolute atomic E-state index is 13.0. The summed E-state index contributed by atoms with van der Waals surface area (Å²) in [5.74, 6) is 0.779. The van der Waals surface area contributed by atoms with Crippen LogP contribution in [0.1, 0.15) is 312 Å². The zero-order valence-electron chi connectivity index (χ0n) is 54.5. The molecule has 0 aliphatic heterocycles. The van der Waals surface area contributed by atoms with Crippen LogP contribution in [0.4, 0.5) is 0 Å². The van der Waals surface area contributed by atoms with Gasteiger partial charge in [0.25, 0.3) is 0 Å². The average Bonchev–Trinajstić information content (AvgIpc) is 3.56. The summed E-state index contributed by atoms with van der Waals surface area (Å²) in [7, 11) is -9.89. The number of phosphoric acid groups is 2. The van der Waals surface area contributed by atoms with Gasteiger partial charge in [0.05, 0.1) is 26.4 Å². The summed E-state index contributed by atoms with van der Waals surface area (Å²) in [6, 6.07) is 0. The van der Waals surface area contributed by atoms with Crippen LogP contribution >= 0.6 is 15.6 Å². The molecular weight excluding hydrogens is 1110 g/mol. The molecule has 3 N–H and O–H groups in total. The number of esters is 4. The first-order valence-electron chi connectivity index (χ1n) is 33.7. The molecule has 0 amide bonds. The Bertz CT molecular complexity index is 1680. The Morgan fingerprint density at radius 1 is 0.333 bits per heavy atom. The third kappa shape index (κ3) is 57.8. The molecule has 0 aromatic carbocycles. The molecule has 0 aliphatic carbocycles. The zero-order chi connectivity index (χ0) is 62.5. The van der Waals surface area contributed by atoms with E-state index in [0.717, 1.165) is 114 Å². The molecule has 0 aromatic rings. The number of carbonyl (C=O) groups is 4. The number of phosphoric ester groups is 2. The maximum Gasteiger partial charge on any atom is 0.472 e. The topological polar surface area (TPSA) is 237 Å². The molecule has 0 saturated carbocycles. The van der Waals surface area contributed by atoms with E-state index in [-0.39, 0.29) is 25.7 Å². The Morgan fingerprint density at radius 3 is 0.845 bits per heavy atom. The second kappa shape index (κ2) is 55.2. The van der Waals surface area contributed by atoms with Crippen molar-refractivity contribution in [2.75, 3.05) is 39.6 Å². The van der Waals surface area contributed by atoms with E-state index < -0.39 is 97.5 Å². The second-order valence-corrected chi connectivity index (χ2v) is 28.1. The summed E-state index contributed by atoms with van der Waals surface area (Å²) in [4.78, 5) is 72.3. The molecule has 19 heteroatoms. The second-order valence-electron chi connectivity index (χ2n) is 25.2. The molecule has 498 valence electrons. The van der Waals surface area contributed by atoms with Crippen LogP contribution in [-0.4, -0.2) is 96.7 Å². The Kier molecular flexibility index (Phi) is 53.9. The Morgan fingerprint density at radius 2 is 0.571 bits per heavy atom. The zero-order valence-corrected chi connectivity index (χ0v) is 56.3. The van der Waals surface area contributed by atoms with Gasteiger partial charge in [-0.15, -0.1) is 0 Å². The van der Waals surface area contributed by atoms with Crippen LogP contribution in [0.25, 0.3) is 0 Å². The summed E-state index contributed by atoms with van der Waals surface area (Å²) < 4.78 is 68.0. The van der Waals surface area contributed by atoms with Crippen molar-refractivity contribution in [1.82, 2.24) is 0 Å². The molecule has 0 spiro atoms. The Balaban J connectivity index is 5.26. The first-order valence-corrected chi connectivity index (χ1v) is 36.7. The lowest BCUT2D eigenvalue weighted by Gasteiger charge is -2.21. The van der Waals surface area contributed by atoms with E-state index in [0.29, 0.717) is 31.6 Å². The molecule has 17 nitrogen and oxygen atoms in total. The van der Waals surface area contributed by atoms with Crippen molar-refractivity contribution >= 4 is 39.5 Å². The molecule has 0 heterocycles. The number of unbranched alkanes of at least 4 members (excludes halogenated alkanes) is 27. The minimum atomic E-state index is -4.95. The van der Waals surface area contributed by atoms with Crippen molar-refractivity contribution < 1.29 is 80.2 Å². The van der Waals surface area contributed by atoms with Crippen LogP contribution in [0, 0.1) is 23.7 Å². The fourth-order valence-corrected chi connectivity index (χ4v) is 11.2. The molecule has 0 aromatic heterocycles. The summed E-state index contributed by atoms with van der Waals surface area (Å²) >= 11 is 0. The standard InChI is InChI=1S/C65H126O17P2/c1-9-58(8)44-36-28-20-12-15-21-29-37-45-62(67)75-51-60(81-64(69)47-39-31-22-13-10-17-25-33-41-55(2)3)53-79-83(71,72)77-49-59(66)50-78-84(73,74)80-54-61(52-76-63(68)46-38-30-24-16-19-27-35-43-57(6)7)82-65(70)48-40-32-23-14-11-18-26-34-42-56(4)5/h55-61,66H,9-54H2,1-8H3,(H,71,72)(H,73,74)/t58?,59?,60-,61-/m1/s1. The van der Waals surface area contributed by atoms with E-state index in [4.69, 9.17) is 37.0 Å². The highest BCUT2D eigenvalue weighted by atomic mass is 31.2. The van der Waals surface area contributed by atoms with Crippen LogP contribution in [-0.2, 0) is 65.4 Å². The minimum absolute atomic E-state index is 0.103. The number of carbonyl (C=O) groups excluding carboxylic acids is 4. The number of aliphatic hydroxyl groups excluding tert-OH is 1. The van der Waals surface area contributed by atoms with Gasteiger partial charge < -0.3 is 33.8 Å². The first-order chi connectivity index (χ1) is 40.1. The van der Waals surface area contributed by atoms with Gasteiger partial charge in [-0.25, -0.2) is 9.13 Å². The minimum Gasteiger partial charge on any atom is -0.462 e. The Hall–Kier alpha value is -1.94. The fraction of sp³-hybridized carbons (Fsp3) is 0.938. The van der Waals surface area contributed by atoms with Crippen molar-refractivity contribution in [2.45, 2.75) is 331 Å². The van der Waals surface area contributed by atoms with Crippen molar-refractivity contribution in [3.05, 3.63) is 0 Å². The molecular formula is C65H126O17P2. The van der Waals surface area contributed by atoms with Gasteiger partial charge in [-0.05, 0) is 49.4 Å². The van der Waals surface area contributed by atoms with Crippen molar-refractivity contribution in [3.63, 3.8) is 0 Å². The molecule has 84 heavy (non-hydrogen) atoms. The van der Waals surface area contributed by atoms with Gasteiger partial charge in [0.2, 0.25) is 0 Å². The third-order valence-electron chi connectivity index (χ3n) is 15.2. The molecule has 6 atom stereocenters. The van der Waals surface area contributed by atoms with Gasteiger partial charge >= 0.3 is 39.5 Å². The number of hydrogen-bond acceptors (Lipinski definition) is 15. The monoisotopic (exact) mass is 1240 g/mol. The van der Waals surface area contributed by atoms with Gasteiger partial charge in [0.1, 0.15) is 19.3 Å². The molecule has 0 aliphatic rings. The Labute approximate surface area is 511 Å². The normalized spacial score (nSPS) is 14.7. The lowest BCUT2D eigenvalue weighted by atomic mass is 9.99. The lowest BCUT2D eigenvalue weighted by molar-refractivity contribution is -0.161. The number of aliphatic hydroxyl groups is 1. The fourth-order valence-electron chi connectivity index (χ4n) is 9.57. The predicted molar refractivity (Wildman–Crippen MR) is 335 cm³/mol. The van der Waals surface area contributed by atoms with E-state index in [9.17, 15) is 43.2 Å². The van der Waals surface area contributed by atoms with E-state index in [1.54, 1.807) is 0 Å². The predicted octanol–water partition coefficient (Wildman–Crippen LogP) is 17.8. The molecule has 0 radical (unpaired) electrons. The highest BCUT2D eigenvalue weighted by Crippen LogP contribution is 2.45. The largest absolute Gasteiger partial charge is 0.472 e. The van der Waals surface area contributed by atoms with Crippen LogP contribution < -0.4 is 0 Å². The van der Waals surface area contributed by atoms with Crippen LogP contribution in [0.2, 0.25) is 0 Å². The van der Waals surface area contributed by atoms with Crippen LogP contribution in [0.3, 0.4) is 0 Å². The van der Waals surface area contributed by atoms with Crippen molar-refractivity contribution in [1.29, 1.82) is 0 Å². The molecule has 0 saturated heterocycles. The molecule has 0 rings (SSSR count). The summed E-state index contributed by atoms with van der Waals surface area (Å²) in [5, 5.41) is 10.5. The third-order valence-corrected chi connectivity index (χ3v) is 17.1. The van der Waals surface area contributed by atoms with Gasteiger partial charge in [-0.1, -0.05) is 261 Å². The highest BCUT2D eigenvalue weighted by Gasteiger charge is 2.30. The maximum atomic E-state index is 13.0. The molecule has 0 bridgehead atoms.